The standard InChI is InChI=1S/C16H16N2O2/c1-18-14-9-8-11(19-2)10-13(14)17-16(18)12-6-4-5-7-15(12)20-3/h4-10H,1-3H3. The van der Waals surface area contributed by atoms with Crippen molar-refractivity contribution in [2.75, 3.05) is 14.2 Å². The normalized spacial score (nSPS) is 10.8. The van der Waals surface area contributed by atoms with E-state index in [1.165, 1.54) is 0 Å². The van der Waals surface area contributed by atoms with Crippen molar-refractivity contribution in [1.82, 2.24) is 9.55 Å². The zero-order valence-electron chi connectivity index (χ0n) is 11.8. The summed E-state index contributed by atoms with van der Waals surface area (Å²) in [7, 11) is 5.33. The van der Waals surface area contributed by atoms with Crippen LogP contribution in [0.25, 0.3) is 22.4 Å². The van der Waals surface area contributed by atoms with Gasteiger partial charge in [0.25, 0.3) is 0 Å². The molecule has 0 N–H and O–H groups in total. The topological polar surface area (TPSA) is 36.3 Å². The number of nitrogens with zero attached hydrogens (tertiary/aromatic N) is 2. The summed E-state index contributed by atoms with van der Waals surface area (Å²) in [6, 6.07) is 13.8. The molecule has 0 unspecified atom stereocenters. The van der Waals surface area contributed by atoms with Crippen LogP contribution in [0.5, 0.6) is 11.5 Å². The lowest BCUT2D eigenvalue weighted by molar-refractivity contribution is 0.415. The van der Waals surface area contributed by atoms with E-state index >= 15 is 0 Å². The molecule has 102 valence electrons. The molecule has 3 aromatic rings. The minimum Gasteiger partial charge on any atom is -0.497 e. The number of rotatable bonds is 3. The Balaban J connectivity index is 2.23. The number of aryl methyl sites for hydroxylation is 1. The lowest BCUT2D eigenvalue weighted by Gasteiger charge is -2.07. The number of hydrogen-bond acceptors (Lipinski definition) is 3. The van der Waals surface area contributed by atoms with Crippen LogP contribution in [0.15, 0.2) is 42.5 Å². The number of benzene rings is 2. The Morgan fingerprint density at radius 1 is 1.00 bits per heavy atom. The van der Waals surface area contributed by atoms with E-state index < -0.39 is 0 Å². The lowest BCUT2D eigenvalue weighted by atomic mass is 10.2. The number of methoxy groups -OCH3 is 2. The molecule has 0 amide bonds. The predicted octanol–water partition coefficient (Wildman–Crippen LogP) is 3.26. The summed E-state index contributed by atoms with van der Waals surface area (Å²) >= 11 is 0. The Kier molecular flexibility index (Phi) is 3.06. The quantitative estimate of drug-likeness (QED) is 0.731. The van der Waals surface area contributed by atoms with Crippen LogP contribution in [0.2, 0.25) is 0 Å². The van der Waals surface area contributed by atoms with Gasteiger partial charge in [0.1, 0.15) is 17.3 Å². The van der Waals surface area contributed by atoms with Gasteiger partial charge < -0.3 is 14.0 Å². The minimum atomic E-state index is 0.808. The van der Waals surface area contributed by atoms with Gasteiger partial charge in [0.05, 0.1) is 30.8 Å². The highest BCUT2D eigenvalue weighted by molar-refractivity contribution is 5.83. The van der Waals surface area contributed by atoms with E-state index in [9.17, 15) is 0 Å². The molecule has 0 saturated carbocycles. The average molecular weight is 268 g/mol. The highest BCUT2D eigenvalue weighted by Crippen LogP contribution is 2.31. The van der Waals surface area contributed by atoms with E-state index in [-0.39, 0.29) is 0 Å². The molecule has 0 spiro atoms. The molecule has 4 nitrogen and oxygen atoms in total. The van der Waals surface area contributed by atoms with Crippen LogP contribution < -0.4 is 9.47 Å². The molecular formula is C16H16N2O2. The summed E-state index contributed by atoms with van der Waals surface area (Å²) in [5.41, 5.74) is 2.95. The highest BCUT2D eigenvalue weighted by Gasteiger charge is 2.13. The van der Waals surface area contributed by atoms with Crippen molar-refractivity contribution in [2.24, 2.45) is 7.05 Å². The molecule has 20 heavy (non-hydrogen) atoms. The van der Waals surface area contributed by atoms with Gasteiger partial charge in [-0.3, -0.25) is 0 Å². The molecule has 0 bridgehead atoms. The van der Waals surface area contributed by atoms with Gasteiger partial charge in [-0.2, -0.15) is 0 Å². The molecule has 0 fully saturated rings. The zero-order chi connectivity index (χ0) is 14.1. The highest BCUT2D eigenvalue weighted by atomic mass is 16.5. The van der Waals surface area contributed by atoms with E-state index in [1.807, 2.05) is 49.5 Å². The first-order valence-electron chi connectivity index (χ1n) is 6.38. The first-order valence-corrected chi connectivity index (χ1v) is 6.38. The number of ether oxygens (including phenoxy) is 2. The SMILES string of the molecule is COc1ccc2c(c1)nc(-c1ccccc1OC)n2C. The fourth-order valence-electron chi connectivity index (χ4n) is 2.38. The van der Waals surface area contributed by atoms with Crippen molar-refractivity contribution >= 4 is 11.0 Å². The van der Waals surface area contributed by atoms with Crippen LogP contribution in [0.1, 0.15) is 0 Å². The third-order valence-electron chi connectivity index (χ3n) is 3.44. The fourth-order valence-corrected chi connectivity index (χ4v) is 2.38. The number of para-hydroxylation sites is 1. The summed E-state index contributed by atoms with van der Waals surface area (Å²) in [5.74, 6) is 2.51. The first-order chi connectivity index (χ1) is 9.74. The third-order valence-corrected chi connectivity index (χ3v) is 3.44. The number of aromatic nitrogens is 2. The van der Waals surface area contributed by atoms with E-state index in [2.05, 4.69) is 4.57 Å². The lowest BCUT2D eigenvalue weighted by Crippen LogP contribution is -1.95. The maximum atomic E-state index is 5.42. The Morgan fingerprint density at radius 3 is 2.55 bits per heavy atom. The van der Waals surface area contributed by atoms with Crippen molar-refractivity contribution in [3.8, 4) is 22.9 Å². The second-order valence-corrected chi connectivity index (χ2v) is 4.55. The molecule has 1 aromatic heterocycles. The summed E-state index contributed by atoms with van der Waals surface area (Å²) in [4.78, 5) is 4.70. The number of imidazole rings is 1. The van der Waals surface area contributed by atoms with Crippen molar-refractivity contribution < 1.29 is 9.47 Å². The predicted molar refractivity (Wildman–Crippen MR) is 79.3 cm³/mol. The van der Waals surface area contributed by atoms with Crippen molar-refractivity contribution in [2.45, 2.75) is 0 Å². The summed E-state index contributed by atoms with van der Waals surface area (Å²) in [6.45, 7) is 0. The van der Waals surface area contributed by atoms with Gasteiger partial charge in [0, 0.05) is 13.1 Å². The number of fused-ring (bicyclic) bond motifs is 1. The van der Waals surface area contributed by atoms with Crippen LogP contribution in [0, 0.1) is 0 Å². The van der Waals surface area contributed by atoms with Gasteiger partial charge in [-0.05, 0) is 24.3 Å². The van der Waals surface area contributed by atoms with Gasteiger partial charge in [-0.25, -0.2) is 4.98 Å². The molecule has 0 saturated heterocycles. The fraction of sp³-hybridized carbons (Fsp3) is 0.188. The maximum absolute atomic E-state index is 5.42. The van der Waals surface area contributed by atoms with Gasteiger partial charge in [0.15, 0.2) is 0 Å². The molecule has 0 aliphatic heterocycles. The first kappa shape index (κ1) is 12.5. The molecule has 3 rings (SSSR count). The second-order valence-electron chi connectivity index (χ2n) is 4.55. The Bertz CT molecular complexity index is 762. The van der Waals surface area contributed by atoms with Gasteiger partial charge in [-0.15, -0.1) is 0 Å². The molecule has 4 heteroatoms. The van der Waals surface area contributed by atoms with E-state index in [4.69, 9.17) is 14.5 Å². The number of hydrogen-bond donors (Lipinski definition) is 0. The Morgan fingerprint density at radius 2 is 1.80 bits per heavy atom. The van der Waals surface area contributed by atoms with Gasteiger partial charge in [0.2, 0.25) is 0 Å². The van der Waals surface area contributed by atoms with Crippen molar-refractivity contribution in [1.29, 1.82) is 0 Å². The summed E-state index contributed by atoms with van der Waals surface area (Å²) < 4.78 is 12.7. The van der Waals surface area contributed by atoms with E-state index in [0.717, 1.165) is 33.9 Å². The van der Waals surface area contributed by atoms with Gasteiger partial charge in [-0.1, -0.05) is 12.1 Å². The van der Waals surface area contributed by atoms with Crippen molar-refractivity contribution in [3.63, 3.8) is 0 Å². The van der Waals surface area contributed by atoms with Crippen LogP contribution in [0.4, 0.5) is 0 Å². The van der Waals surface area contributed by atoms with E-state index in [0.29, 0.717) is 0 Å². The summed E-state index contributed by atoms with van der Waals surface area (Å²) in [6.07, 6.45) is 0. The molecule has 2 aromatic carbocycles. The van der Waals surface area contributed by atoms with Crippen LogP contribution in [-0.2, 0) is 7.05 Å². The smallest absolute Gasteiger partial charge is 0.144 e. The average Bonchev–Trinajstić information content (AvgIpc) is 2.83. The van der Waals surface area contributed by atoms with Crippen LogP contribution in [-0.4, -0.2) is 23.8 Å². The Hall–Kier alpha value is -2.49. The Labute approximate surface area is 117 Å². The molecule has 0 atom stereocenters. The third kappa shape index (κ3) is 1.90. The van der Waals surface area contributed by atoms with Crippen molar-refractivity contribution in [3.05, 3.63) is 42.5 Å². The monoisotopic (exact) mass is 268 g/mol. The summed E-state index contributed by atoms with van der Waals surface area (Å²) in [5, 5.41) is 0. The largest absolute Gasteiger partial charge is 0.497 e. The van der Waals surface area contributed by atoms with Gasteiger partial charge >= 0.3 is 0 Å². The maximum Gasteiger partial charge on any atom is 0.144 e. The van der Waals surface area contributed by atoms with Crippen LogP contribution >= 0.6 is 0 Å². The molecule has 0 aliphatic carbocycles. The second kappa shape index (κ2) is 4.89. The molecule has 0 aliphatic rings. The van der Waals surface area contributed by atoms with Crippen LogP contribution in [0.3, 0.4) is 0 Å². The minimum absolute atomic E-state index is 0.808. The molecular weight excluding hydrogens is 252 g/mol. The molecule has 0 radical (unpaired) electrons. The zero-order valence-corrected chi connectivity index (χ0v) is 11.8. The van der Waals surface area contributed by atoms with E-state index in [1.54, 1.807) is 14.2 Å². The molecule has 1 heterocycles.